The molecule has 0 bridgehead atoms. The van der Waals surface area contributed by atoms with Crippen LogP contribution in [0.3, 0.4) is 0 Å². The van der Waals surface area contributed by atoms with E-state index in [1.165, 1.54) is 61.4 Å². The summed E-state index contributed by atoms with van der Waals surface area (Å²) in [5.74, 6) is 2.32. The first-order chi connectivity index (χ1) is 12.3. The van der Waals surface area contributed by atoms with Gasteiger partial charge in [-0.25, -0.2) is 0 Å². The minimum atomic E-state index is -0.125. The van der Waals surface area contributed by atoms with E-state index in [1.807, 2.05) is 12.1 Å². The lowest BCUT2D eigenvalue weighted by Gasteiger charge is -2.13. The molecule has 1 heterocycles. The zero-order valence-electron chi connectivity index (χ0n) is 15.5. The van der Waals surface area contributed by atoms with Crippen LogP contribution < -0.4 is 0 Å². The molecule has 2 rings (SSSR count). The fourth-order valence-corrected chi connectivity index (χ4v) is 4.20. The molecule has 138 valence electrons. The number of thioether (sulfide) groups is 1. The molecular weight excluding hydrogens is 330 g/mol. The van der Waals surface area contributed by atoms with Crippen molar-refractivity contribution in [3.05, 3.63) is 35.4 Å². The van der Waals surface area contributed by atoms with E-state index < -0.39 is 0 Å². The minimum Gasteiger partial charge on any atom is -0.274 e. The Morgan fingerprint density at radius 1 is 0.760 bits per heavy atom. The molecule has 3 nitrogen and oxygen atoms in total. The van der Waals surface area contributed by atoms with Crippen LogP contribution in [0, 0.1) is 0 Å². The van der Waals surface area contributed by atoms with E-state index in [4.69, 9.17) is 0 Å². The summed E-state index contributed by atoms with van der Waals surface area (Å²) in [6, 6.07) is 7.12. The maximum absolute atomic E-state index is 12.2. The van der Waals surface area contributed by atoms with Gasteiger partial charge in [-0.15, -0.1) is 0 Å². The van der Waals surface area contributed by atoms with Gasteiger partial charge in [0.05, 0.1) is 11.1 Å². The van der Waals surface area contributed by atoms with Crippen LogP contribution in [0.15, 0.2) is 24.3 Å². The number of fused-ring (bicyclic) bond motifs is 1. The van der Waals surface area contributed by atoms with Gasteiger partial charge in [-0.2, -0.15) is 11.8 Å². The maximum atomic E-state index is 12.2. The van der Waals surface area contributed by atoms with Crippen molar-refractivity contribution >= 4 is 23.6 Å². The largest absolute Gasteiger partial charge is 0.274 e. The van der Waals surface area contributed by atoms with Crippen molar-refractivity contribution in [1.29, 1.82) is 0 Å². The highest BCUT2D eigenvalue weighted by atomic mass is 32.2. The van der Waals surface area contributed by atoms with E-state index in [0.29, 0.717) is 17.7 Å². The number of carbonyl (C=O) groups is 2. The Labute approximate surface area is 156 Å². The first-order valence-electron chi connectivity index (χ1n) is 9.78. The molecule has 1 aliphatic heterocycles. The first kappa shape index (κ1) is 20.0. The Hall–Kier alpha value is -1.29. The monoisotopic (exact) mass is 361 g/mol. The summed E-state index contributed by atoms with van der Waals surface area (Å²) in [4.78, 5) is 25.9. The summed E-state index contributed by atoms with van der Waals surface area (Å²) in [7, 11) is 0. The number of amides is 2. The van der Waals surface area contributed by atoms with Crippen LogP contribution in [-0.2, 0) is 0 Å². The summed E-state index contributed by atoms with van der Waals surface area (Å²) >= 11 is 2.08. The lowest BCUT2D eigenvalue weighted by atomic mass is 10.1. The molecule has 2 amide bonds. The standard InChI is InChI=1S/C21H31NO2S/c1-2-3-4-11-16-25-17-12-7-5-6-10-15-22-20(23)18-13-8-9-14-19(18)21(22)24/h8-9,13-14H,2-7,10-12,15-17H2,1H3. The normalized spacial score (nSPS) is 13.6. The van der Waals surface area contributed by atoms with Crippen molar-refractivity contribution in [2.24, 2.45) is 0 Å². The van der Waals surface area contributed by atoms with Gasteiger partial charge in [0.1, 0.15) is 0 Å². The van der Waals surface area contributed by atoms with Crippen molar-refractivity contribution < 1.29 is 9.59 Å². The number of nitrogens with zero attached hydrogens (tertiary/aromatic N) is 1. The summed E-state index contributed by atoms with van der Waals surface area (Å²) in [5, 5.41) is 0. The molecule has 0 saturated carbocycles. The number of unbranched alkanes of at least 4 members (excludes halogenated alkanes) is 7. The number of carbonyl (C=O) groups excluding carboxylic acids is 2. The third-order valence-electron chi connectivity index (χ3n) is 4.69. The Kier molecular flexibility index (Phi) is 9.09. The fourth-order valence-electron chi connectivity index (χ4n) is 3.18. The highest BCUT2D eigenvalue weighted by molar-refractivity contribution is 7.99. The van der Waals surface area contributed by atoms with Gasteiger partial charge < -0.3 is 0 Å². The SMILES string of the molecule is CCCCCCSCCCCCCCN1C(=O)c2ccccc2C1=O. The first-order valence-corrected chi connectivity index (χ1v) is 10.9. The van der Waals surface area contributed by atoms with E-state index in [0.717, 1.165) is 12.8 Å². The van der Waals surface area contributed by atoms with Gasteiger partial charge in [0.25, 0.3) is 11.8 Å². The second-order valence-corrected chi connectivity index (χ2v) is 7.97. The van der Waals surface area contributed by atoms with E-state index in [-0.39, 0.29) is 11.8 Å². The molecule has 0 saturated heterocycles. The zero-order valence-corrected chi connectivity index (χ0v) is 16.3. The van der Waals surface area contributed by atoms with Crippen LogP contribution in [0.25, 0.3) is 0 Å². The molecule has 0 N–H and O–H groups in total. The molecule has 0 radical (unpaired) electrons. The molecule has 0 fully saturated rings. The van der Waals surface area contributed by atoms with Crippen LogP contribution in [0.1, 0.15) is 85.4 Å². The molecule has 0 spiro atoms. The molecule has 25 heavy (non-hydrogen) atoms. The maximum Gasteiger partial charge on any atom is 0.261 e. The van der Waals surface area contributed by atoms with Crippen LogP contribution >= 0.6 is 11.8 Å². The summed E-state index contributed by atoms with van der Waals surface area (Å²) < 4.78 is 0. The molecule has 0 unspecified atom stereocenters. The van der Waals surface area contributed by atoms with Crippen LogP contribution in [0.2, 0.25) is 0 Å². The molecule has 1 aromatic rings. The van der Waals surface area contributed by atoms with Crippen LogP contribution in [0.4, 0.5) is 0 Å². The minimum absolute atomic E-state index is 0.125. The number of imide groups is 1. The van der Waals surface area contributed by atoms with E-state index in [1.54, 1.807) is 12.1 Å². The third-order valence-corrected chi connectivity index (χ3v) is 5.85. The quantitative estimate of drug-likeness (QED) is 0.341. The average Bonchev–Trinajstić information content (AvgIpc) is 2.87. The second kappa shape index (κ2) is 11.3. The average molecular weight is 362 g/mol. The highest BCUT2D eigenvalue weighted by Crippen LogP contribution is 2.23. The Morgan fingerprint density at radius 2 is 1.28 bits per heavy atom. The van der Waals surface area contributed by atoms with E-state index >= 15 is 0 Å². The molecule has 1 aliphatic rings. The van der Waals surface area contributed by atoms with Crippen molar-refractivity contribution in [2.75, 3.05) is 18.1 Å². The van der Waals surface area contributed by atoms with E-state index in [2.05, 4.69) is 18.7 Å². The van der Waals surface area contributed by atoms with Crippen LogP contribution in [0.5, 0.6) is 0 Å². The van der Waals surface area contributed by atoms with Crippen molar-refractivity contribution in [3.63, 3.8) is 0 Å². The van der Waals surface area contributed by atoms with E-state index in [9.17, 15) is 9.59 Å². The molecule has 0 aliphatic carbocycles. The lowest BCUT2D eigenvalue weighted by molar-refractivity contribution is 0.0651. The topological polar surface area (TPSA) is 37.4 Å². The predicted octanol–water partition coefficient (Wildman–Crippen LogP) is 5.55. The van der Waals surface area contributed by atoms with Gasteiger partial charge in [-0.05, 0) is 42.9 Å². The van der Waals surface area contributed by atoms with Crippen LogP contribution in [-0.4, -0.2) is 34.8 Å². The van der Waals surface area contributed by atoms with Crippen molar-refractivity contribution in [2.45, 2.75) is 64.7 Å². The molecular formula is C21H31NO2S. The summed E-state index contributed by atoms with van der Waals surface area (Å²) in [6.45, 7) is 2.81. The number of benzene rings is 1. The number of rotatable bonds is 13. The van der Waals surface area contributed by atoms with Gasteiger partial charge in [0.2, 0.25) is 0 Å². The van der Waals surface area contributed by atoms with Crippen molar-refractivity contribution in [1.82, 2.24) is 4.90 Å². The number of hydrogen-bond donors (Lipinski definition) is 0. The molecule has 4 heteroatoms. The molecule has 0 aromatic heterocycles. The zero-order chi connectivity index (χ0) is 17.9. The Bertz CT molecular complexity index is 524. The Morgan fingerprint density at radius 3 is 1.88 bits per heavy atom. The fraction of sp³-hybridized carbons (Fsp3) is 0.619. The summed E-state index contributed by atoms with van der Waals surface area (Å²) in [6.07, 6.45) is 11.2. The highest BCUT2D eigenvalue weighted by Gasteiger charge is 2.34. The van der Waals surface area contributed by atoms with Crippen molar-refractivity contribution in [3.8, 4) is 0 Å². The second-order valence-electron chi connectivity index (χ2n) is 6.75. The van der Waals surface area contributed by atoms with Gasteiger partial charge >= 0.3 is 0 Å². The smallest absolute Gasteiger partial charge is 0.261 e. The predicted molar refractivity (Wildman–Crippen MR) is 106 cm³/mol. The molecule has 0 atom stereocenters. The van der Waals surface area contributed by atoms with Gasteiger partial charge in [0.15, 0.2) is 0 Å². The molecule has 1 aromatic carbocycles. The van der Waals surface area contributed by atoms with Gasteiger partial charge in [-0.3, -0.25) is 14.5 Å². The number of hydrogen-bond acceptors (Lipinski definition) is 3. The summed E-state index contributed by atoms with van der Waals surface area (Å²) in [5.41, 5.74) is 1.12. The van der Waals surface area contributed by atoms with Gasteiger partial charge in [-0.1, -0.05) is 57.6 Å². The van der Waals surface area contributed by atoms with Gasteiger partial charge in [0, 0.05) is 6.54 Å². The third kappa shape index (κ3) is 6.18. The lowest BCUT2D eigenvalue weighted by Crippen LogP contribution is -2.30. The Balaban J connectivity index is 1.49.